The Morgan fingerprint density at radius 2 is 1.50 bits per heavy atom. The second kappa shape index (κ2) is 12.2. The van der Waals surface area contributed by atoms with E-state index in [9.17, 15) is 23.2 Å². The maximum Gasteiger partial charge on any atom is 0.255 e. The number of amides is 3. The summed E-state index contributed by atoms with van der Waals surface area (Å²) < 4.78 is 27.6. The van der Waals surface area contributed by atoms with E-state index in [0.29, 0.717) is 87.3 Å². The fourth-order valence-electron chi connectivity index (χ4n) is 5.01. The Morgan fingerprint density at radius 3 is 2.23 bits per heavy atom. The van der Waals surface area contributed by atoms with Gasteiger partial charge >= 0.3 is 0 Å². The molecular formula is C29H30F2N6O3. The molecule has 0 atom stereocenters. The first-order chi connectivity index (χ1) is 19.4. The molecule has 0 bridgehead atoms. The lowest BCUT2D eigenvalue weighted by molar-refractivity contribution is 0.0734. The fraction of sp³-hybridized carbons (Fsp3) is 0.310. The van der Waals surface area contributed by atoms with Crippen molar-refractivity contribution in [3.8, 4) is 0 Å². The number of anilines is 2. The van der Waals surface area contributed by atoms with Gasteiger partial charge in [0.15, 0.2) is 0 Å². The Morgan fingerprint density at radius 1 is 0.775 bits per heavy atom. The van der Waals surface area contributed by atoms with Crippen LogP contribution in [0.5, 0.6) is 0 Å². The van der Waals surface area contributed by atoms with Crippen LogP contribution in [0, 0.1) is 11.6 Å². The lowest BCUT2D eigenvalue weighted by atomic mass is 10.1. The van der Waals surface area contributed by atoms with Gasteiger partial charge in [-0.05, 0) is 48.9 Å². The minimum atomic E-state index is -0.862. The topological polar surface area (TPSA) is 97.9 Å². The van der Waals surface area contributed by atoms with Crippen molar-refractivity contribution in [2.45, 2.75) is 6.42 Å². The first-order valence-electron chi connectivity index (χ1n) is 13.2. The van der Waals surface area contributed by atoms with Gasteiger partial charge in [0.1, 0.15) is 11.6 Å². The first-order valence-corrected chi connectivity index (χ1v) is 13.2. The standard InChI is InChI=1S/C29H30F2N6O3/c30-23-15-22(16-24(31)18-23)27(38)34-25-17-20(28(39)37-11-7-32-8-12-37)4-5-26(25)35-9-2-10-36(14-13-35)29(40)21-3-1-6-33-19-21/h1,3-6,15-19,32H,2,7-14H2,(H,34,38). The summed E-state index contributed by atoms with van der Waals surface area (Å²) in [7, 11) is 0. The Kier molecular flexibility index (Phi) is 8.30. The average molecular weight is 549 g/mol. The van der Waals surface area contributed by atoms with Crippen LogP contribution in [0.15, 0.2) is 60.9 Å². The van der Waals surface area contributed by atoms with E-state index >= 15 is 0 Å². The van der Waals surface area contributed by atoms with Gasteiger partial charge in [-0.15, -0.1) is 0 Å². The number of rotatable bonds is 5. The number of benzene rings is 2. The molecule has 0 saturated carbocycles. The molecule has 0 spiro atoms. The highest BCUT2D eigenvalue weighted by Crippen LogP contribution is 2.30. The zero-order chi connectivity index (χ0) is 28.1. The number of piperazine rings is 1. The minimum absolute atomic E-state index is 0.103. The van der Waals surface area contributed by atoms with E-state index in [0.717, 1.165) is 12.1 Å². The normalized spacial score (nSPS) is 15.9. The summed E-state index contributed by atoms with van der Waals surface area (Å²) in [6.07, 6.45) is 3.84. The van der Waals surface area contributed by atoms with Gasteiger partial charge in [0.05, 0.1) is 16.9 Å². The molecule has 2 aliphatic rings. The quantitative estimate of drug-likeness (QED) is 0.509. The van der Waals surface area contributed by atoms with Crippen molar-refractivity contribution in [2.24, 2.45) is 0 Å². The first kappa shape index (κ1) is 27.2. The summed E-state index contributed by atoms with van der Waals surface area (Å²) in [6.45, 7) is 4.59. The van der Waals surface area contributed by atoms with Crippen LogP contribution in [0.4, 0.5) is 20.2 Å². The lowest BCUT2D eigenvalue weighted by Gasteiger charge is -2.29. The van der Waals surface area contributed by atoms with Crippen LogP contribution >= 0.6 is 0 Å². The maximum atomic E-state index is 13.8. The highest BCUT2D eigenvalue weighted by Gasteiger charge is 2.25. The summed E-state index contributed by atoms with van der Waals surface area (Å²) in [5.41, 5.74) is 1.74. The van der Waals surface area contributed by atoms with E-state index in [1.165, 1.54) is 0 Å². The summed E-state index contributed by atoms with van der Waals surface area (Å²) in [5.74, 6) is -2.69. The summed E-state index contributed by atoms with van der Waals surface area (Å²) in [4.78, 5) is 48.9. The van der Waals surface area contributed by atoms with E-state index in [1.807, 2.05) is 4.90 Å². The number of halogens is 2. The summed E-state index contributed by atoms with van der Waals surface area (Å²) in [5, 5.41) is 5.99. The molecule has 40 heavy (non-hydrogen) atoms. The Bertz CT molecular complexity index is 1380. The second-order valence-corrected chi connectivity index (χ2v) is 9.76. The molecular weight excluding hydrogens is 518 g/mol. The third-order valence-electron chi connectivity index (χ3n) is 7.05. The predicted octanol–water partition coefficient (Wildman–Crippen LogP) is 3.01. The number of nitrogens with one attached hydrogen (secondary N) is 2. The van der Waals surface area contributed by atoms with Crippen molar-refractivity contribution in [1.82, 2.24) is 20.1 Å². The SMILES string of the molecule is O=C(Nc1cc(C(=O)N2CCNCC2)ccc1N1CCCN(C(=O)c2cccnc2)CC1)c1cc(F)cc(F)c1. The van der Waals surface area contributed by atoms with Crippen LogP contribution in [0.2, 0.25) is 0 Å². The van der Waals surface area contributed by atoms with Crippen LogP contribution in [-0.4, -0.2) is 84.9 Å². The molecule has 0 radical (unpaired) electrons. The Labute approximate surface area is 230 Å². The number of aromatic nitrogens is 1. The number of hydrogen-bond acceptors (Lipinski definition) is 6. The number of pyridine rings is 1. The summed E-state index contributed by atoms with van der Waals surface area (Å²) in [6, 6.07) is 11.2. The zero-order valence-electron chi connectivity index (χ0n) is 21.9. The van der Waals surface area contributed by atoms with Crippen molar-refractivity contribution >= 4 is 29.1 Å². The van der Waals surface area contributed by atoms with Crippen molar-refractivity contribution in [1.29, 1.82) is 0 Å². The molecule has 9 nitrogen and oxygen atoms in total. The molecule has 2 aromatic carbocycles. The van der Waals surface area contributed by atoms with Crippen LogP contribution in [0.3, 0.4) is 0 Å². The summed E-state index contributed by atoms with van der Waals surface area (Å²) >= 11 is 0. The van der Waals surface area contributed by atoms with Crippen molar-refractivity contribution < 1.29 is 23.2 Å². The van der Waals surface area contributed by atoms with E-state index in [2.05, 4.69) is 15.6 Å². The van der Waals surface area contributed by atoms with Crippen LogP contribution < -0.4 is 15.5 Å². The number of carbonyl (C=O) groups is 3. The third kappa shape index (κ3) is 6.26. The molecule has 3 heterocycles. The Balaban J connectivity index is 1.41. The third-order valence-corrected chi connectivity index (χ3v) is 7.05. The van der Waals surface area contributed by atoms with E-state index in [1.54, 1.807) is 52.5 Å². The molecule has 5 rings (SSSR count). The van der Waals surface area contributed by atoms with Crippen molar-refractivity contribution in [2.75, 3.05) is 62.6 Å². The van der Waals surface area contributed by atoms with Gasteiger partial charge in [0.2, 0.25) is 0 Å². The predicted molar refractivity (Wildman–Crippen MR) is 146 cm³/mol. The molecule has 0 unspecified atom stereocenters. The molecule has 11 heteroatoms. The van der Waals surface area contributed by atoms with Gasteiger partial charge in [0.25, 0.3) is 17.7 Å². The second-order valence-electron chi connectivity index (χ2n) is 9.76. The molecule has 2 aliphatic heterocycles. The van der Waals surface area contributed by atoms with Crippen LogP contribution in [-0.2, 0) is 0 Å². The molecule has 1 aromatic heterocycles. The van der Waals surface area contributed by atoms with Crippen LogP contribution in [0.1, 0.15) is 37.5 Å². The van der Waals surface area contributed by atoms with E-state index in [4.69, 9.17) is 0 Å². The average Bonchev–Trinajstić information content (AvgIpc) is 3.23. The fourth-order valence-corrected chi connectivity index (χ4v) is 5.01. The highest BCUT2D eigenvalue weighted by atomic mass is 19.1. The molecule has 0 aliphatic carbocycles. The molecule has 208 valence electrons. The lowest BCUT2D eigenvalue weighted by Crippen LogP contribution is -2.46. The van der Waals surface area contributed by atoms with E-state index in [-0.39, 0.29) is 17.4 Å². The van der Waals surface area contributed by atoms with Crippen molar-refractivity contribution in [3.05, 3.63) is 89.2 Å². The molecule has 2 saturated heterocycles. The largest absolute Gasteiger partial charge is 0.368 e. The van der Waals surface area contributed by atoms with Gasteiger partial charge in [-0.1, -0.05) is 0 Å². The number of nitrogens with zero attached hydrogens (tertiary/aromatic N) is 4. The van der Waals surface area contributed by atoms with Gasteiger partial charge in [-0.25, -0.2) is 8.78 Å². The van der Waals surface area contributed by atoms with Gasteiger partial charge in [-0.2, -0.15) is 0 Å². The zero-order valence-corrected chi connectivity index (χ0v) is 21.9. The number of carbonyl (C=O) groups excluding carboxylic acids is 3. The molecule has 3 amide bonds. The van der Waals surface area contributed by atoms with Gasteiger partial charge < -0.3 is 25.3 Å². The van der Waals surface area contributed by atoms with E-state index < -0.39 is 17.5 Å². The maximum absolute atomic E-state index is 13.8. The number of hydrogen-bond donors (Lipinski definition) is 2. The molecule has 2 N–H and O–H groups in total. The minimum Gasteiger partial charge on any atom is -0.368 e. The molecule has 2 fully saturated rings. The van der Waals surface area contributed by atoms with Gasteiger partial charge in [0, 0.05) is 81.9 Å². The Hall–Kier alpha value is -4.38. The van der Waals surface area contributed by atoms with Crippen molar-refractivity contribution in [3.63, 3.8) is 0 Å². The highest BCUT2D eigenvalue weighted by molar-refractivity contribution is 6.07. The smallest absolute Gasteiger partial charge is 0.255 e. The van der Waals surface area contributed by atoms with Crippen LogP contribution in [0.25, 0.3) is 0 Å². The van der Waals surface area contributed by atoms with Gasteiger partial charge in [-0.3, -0.25) is 19.4 Å². The molecule has 3 aromatic rings. The monoisotopic (exact) mass is 548 g/mol.